The molecule has 53 heavy (non-hydrogen) atoms. The second kappa shape index (κ2) is 18.8. The first-order valence-electron chi connectivity index (χ1n) is 18.2. The van der Waals surface area contributed by atoms with Gasteiger partial charge in [-0.25, -0.2) is 0 Å². The Labute approximate surface area is 319 Å². The molecule has 2 fully saturated rings. The van der Waals surface area contributed by atoms with E-state index in [-0.39, 0.29) is 44.0 Å². The number of rotatable bonds is 22. The van der Waals surface area contributed by atoms with Crippen molar-refractivity contribution >= 4 is 35.1 Å². The Balaban J connectivity index is 1.18. The van der Waals surface area contributed by atoms with E-state index in [1.807, 2.05) is 48.8 Å². The van der Waals surface area contributed by atoms with Crippen molar-refractivity contribution in [3.63, 3.8) is 0 Å². The Morgan fingerprint density at radius 2 is 1.62 bits per heavy atom. The SMILES string of the molecule is O=C(O)CCCC(=O)N(CCCCc1cc(Cl)c(CNC2(c3cnccc3-c3ccccc3OC3CC3)CC2)cc1Cl)CC(O)C(O)C(O)C(O)CO. The monoisotopic (exact) mass is 773 g/mol. The molecule has 4 unspecified atom stereocenters. The molecule has 0 bridgehead atoms. The van der Waals surface area contributed by atoms with Crippen LogP contribution >= 0.6 is 23.2 Å². The van der Waals surface area contributed by atoms with E-state index in [9.17, 15) is 30.0 Å². The van der Waals surface area contributed by atoms with Crippen LogP contribution in [0.25, 0.3) is 11.1 Å². The lowest BCUT2D eigenvalue weighted by Gasteiger charge is -2.30. The summed E-state index contributed by atoms with van der Waals surface area (Å²) in [6.07, 6.45) is 2.53. The highest BCUT2D eigenvalue weighted by Gasteiger charge is 2.46. The summed E-state index contributed by atoms with van der Waals surface area (Å²) in [7, 11) is 0. The molecule has 0 spiro atoms. The quantitative estimate of drug-likeness (QED) is 0.0724. The molecule has 1 heterocycles. The molecule has 12 nitrogen and oxygen atoms in total. The van der Waals surface area contributed by atoms with Crippen LogP contribution in [0.1, 0.15) is 74.5 Å². The highest BCUT2D eigenvalue weighted by molar-refractivity contribution is 6.34. The van der Waals surface area contributed by atoms with Gasteiger partial charge in [0.05, 0.1) is 12.7 Å². The van der Waals surface area contributed by atoms with Crippen molar-refractivity contribution in [3.05, 3.63) is 81.6 Å². The third-order valence-electron chi connectivity index (χ3n) is 9.91. The van der Waals surface area contributed by atoms with Crippen molar-refractivity contribution in [2.75, 3.05) is 19.7 Å². The van der Waals surface area contributed by atoms with E-state index >= 15 is 0 Å². The number of para-hydroxylation sites is 1. The summed E-state index contributed by atoms with van der Waals surface area (Å²) in [4.78, 5) is 29.7. The van der Waals surface area contributed by atoms with Gasteiger partial charge in [-0.3, -0.25) is 14.6 Å². The lowest BCUT2D eigenvalue weighted by atomic mass is 9.94. The topological polar surface area (TPSA) is 193 Å². The smallest absolute Gasteiger partial charge is 0.303 e. The Morgan fingerprint density at radius 3 is 2.32 bits per heavy atom. The minimum absolute atomic E-state index is 0.0840. The number of carbonyl (C=O) groups is 2. The van der Waals surface area contributed by atoms with E-state index in [1.165, 1.54) is 4.90 Å². The van der Waals surface area contributed by atoms with Crippen molar-refractivity contribution in [2.45, 2.75) is 107 Å². The predicted molar refractivity (Wildman–Crippen MR) is 200 cm³/mol. The van der Waals surface area contributed by atoms with Gasteiger partial charge in [-0.15, -0.1) is 0 Å². The number of carbonyl (C=O) groups excluding carboxylic acids is 1. The number of aliphatic carboxylic acids is 1. The molecule has 3 aromatic rings. The molecule has 4 atom stereocenters. The number of amides is 1. The maximum absolute atomic E-state index is 13.0. The van der Waals surface area contributed by atoms with Crippen LogP contribution in [0.2, 0.25) is 10.0 Å². The average Bonchev–Trinajstić information content (AvgIpc) is 4.10. The van der Waals surface area contributed by atoms with Gasteiger partial charge in [-0.05, 0) is 97.9 Å². The number of benzene rings is 2. The molecular formula is C39H49Cl2N3O9. The van der Waals surface area contributed by atoms with Crippen molar-refractivity contribution in [2.24, 2.45) is 0 Å². The fraction of sp³-hybridized carbons (Fsp3) is 0.513. The zero-order chi connectivity index (χ0) is 38.1. The van der Waals surface area contributed by atoms with Crippen LogP contribution in [0, 0.1) is 0 Å². The number of carboxylic acid groups (broad SMARTS) is 1. The molecule has 0 aliphatic heterocycles. The number of ether oxygens (including phenoxy) is 1. The molecule has 2 aliphatic rings. The molecular weight excluding hydrogens is 725 g/mol. The molecule has 0 saturated heterocycles. The summed E-state index contributed by atoms with van der Waals surface area (Å²) in [5.74, 6) is -0.579. The van der Waals surface area contributed by atoms with Gasteiger partial charge >= 0.3 is 5.97 Å². The summed E-state index contributed by atoms with van der Waals surface area (Å²) < 4.78 is 6.24. The van der Waals surface area contributed by atoms with Crippen molar-refractivity contribution in [3.8, 4) is 16.9 Å². The van der Waals surface area contributed by atoms with Gasteiger partial charge in [-0.1, -0.05) is 41.4 Å². The van der Waals surface area contributed by atoms with Gasteiger partial charge in [-0.2, -0.15) is 0 Å². The first kappa shape index (κ1) is 40.8. The van der Waals surface area contributed by atoms with Crippen LogP contribution in [-0.4, -0.2) is 103 Å². The van der Waals surface area contributed by atoms with Crippen molar-refractivity contribution in [1.29, 1.82) is 0 Å². The average molecular weight is 775 g/mol. The molecule has 0 radical (unpaired) electrons. The van der Waals surface area contributed by atoms with Crippen LogP contribution in [0.4, 0.5) is 0 Å². The fourth-order valence-electron chi connectivity index (χ4n) is 6.44. The zero-order valence-electron chi connectivity index (χ0n) is 29.5. The number of halogens is 2. The minimum Gasteiger partial charge on any atom is -0.490 e. The number of aromatic nitrogens is 1. The number of nitrogens with zero attached hydrogens (tertiary/aromatic N) is 2. The van der Waals surface area contributed by atoms with E-state index in [0.717, 1.165) is 59.3 Å². The van der Waals surface area contributed by atoms with Crippen molar-refractivity contribution < 1.29 is 45.0 Å². The van der Waals surface area contributed by atoms with Gasteiger partial charge in [0.25, 0.3) is 0 Å². The Bertz CT molecular complexity index is 1700. The van der Waals surface area contributed by atoms with Gasteiger partial charge in [0.15, 0.2) is 0 Å². The zero-order valence-corrected chi connectivity index (χ0v) is 31.1. The Morgan fingerprint density at radius 1 is 0.925 bits per heavy atom. The van der Waals surface area contributed by atoms with E-state index in [4.69, 9.17) is 38.2 Å². The first-order valence-corrected chi connectivity index (χ1v) is 18.9. The molecule has 14 heteroatoms. The highest BCUT2D eigenvalue weighted by Crippen LogP contribution is 2.50. The highest BCUT2D eigenvalue weighted by atomic mass is 35.5. The van der Waals surface area contributed by atoms with E-state index in [1.54, 1.807) is 0 Å². The van der Waals surface area contributed by atoms with Crippen LogP contribution < -0.4 is 10.1 Å². The summed E-state index contributed by atoms with van der Waals surface area (Å²) in [6.45, 7) is -0.521. The number of nitrogens with one attached hydrogen (secondary N) is 1. The molecule has 288 valence electrons. The molecule has 1 amide bonds. The van der Waals surface area contributed by atoms with Crippen molar-refractivity contribution in [1.82, 2.24) is 15.2 Å². The fourth-order valence-corrected chi connectivity index (χ4v) is 6.97. The van der Waals surface area contributed by atoms with E-state index < -0.39 is 42.9 Å². The molecule has 2 aliphatic carbocycles. The summed E-state index contributed by atoms with van der Waals surface area (Å²) in [5.41, 5.74) is 4.67. The van der Waals surface area contributed by atoms with Gasteiger partial charge in [0, 0.05) is 66.0 Å². The normalized spacial score (nSPS) is 17.1. The minimum atomic E-state index is -1.83. The summed E-state index contributed by atoms with van der Waals surface area (Å²) >= 11 is 13.5. The summed E-state index contributed by atoms with van der Waals surface area (Å²) in [6, 6.07) is 13.9. The number of aliphatic hydroxyl groups excluding tert-OH is 5. The number of unbranched alkanes of at least 4 members (excludes halogenated alkanes) is 1. The third-order valence-corrected chi connectivity index (χ3v) is 10.6. The van der Waals surface area contributed by atoms with Crippen LogP contribution in [-0.2, 0) is 28.1 Å². The van der Waals surface area contributed by atoms with Gasteiger partial charge in [0.1, 0.15) is 30.2 Å². The van der Waals surface area contributed by atoms with Crippen LogP contribution in [0.15, 0.2) is 54.9 Å². The number of hydrogen-bond donors (Lipinski definition) is 7. The number of hydrogen-bond acceptors (Lipinski definition) is 10. The number of pyridine rings is 1. The standard InChI is InChI=1S/C39H49Cl2N3O9/c40-30-19-25(20-43-39(14-15-39)29-21-42-16-13-27(29)28-7-1-2-8-34(28)53-26-11-12-26)31(41)18-24(30)6-3-4-17-44(35(48)9-5-10-36(49)50)22-32(46)37(51)38(52)33(47)23-45/h1-2,7-8,13,16,18-19,21,26,32-33,37-38,43,45-47,51-52H,3-6,9-12,14-15,17,20,22-23H2,(H,49,50). The first-order chi connectivity index (χ1) is 25.4. The lowest BCUT2D eigenvalue weighted by molar-refractivity contribution is -0.140. The van der Waals surface area contributed by atoms with E-state index in [0.29, 0.717) is 35.9 Å². The largest absolute Gasteiger partial charge is 0.490 e. The molecule has 1 aromatic heterocycles. The molecule has 2 aromatic carbocycles. The predicted octanol–water partition coefficient (Wildman–Crippen LogP) is 4.22. The number of aryl methyl sites for hydroxylation is 1. The van der Waals surface area contributed by atoms with E-state index in [2.05, 4.69) is 16.4 Å². The van der Waals surface area contributed by atoms with Gasteiger partial charge < -0.3 is 45.6 Å². The van der Waals surface area contributed by atoms with Crippen LogP contribution in [0.5, 0.6) is 5.75 Å². The second-order valence-electron chi connectivity index (χ2n) is 14.0. The Hall–Kier alpha value is -3.33. The molecule has 2 saturated carbocycles. The maximum Gasteiger partial charge on any atom is 0.303 e. The second-order valence-corrected chi connectivity index (χ2v) is 14.9. The third kappa shape index (κ3) is 11.1. The Kier molecular flexibility index (Phi) is 14.5. The van der Waals surface area contributed by atoms with Crippen LogP contribution in [0.3, 0.4) is 0 Å². The maximum atomic E-state index is 13.0. The van der Waals surface area contributed by atoms with Gasteiger partial charge in [0.2, 0.25) is 5.91 Å². The number of carboxylic acids is 1. The summed E-state index contributed by atoms with van der Waals surface area (Å²) in [5, 5.41) is 63.4. The molecule has 7 N–H and O–H groups in total. The number of aliphatic hydroxyl groups is 5. The lowest BCUT2D eigenvalue weighted by Crippen LogP contribution is -2.50. The molecule has 5 rings (SSSR count).